The van der Waals surface area contributed by atoms with Gasteiger partial charge in [-0.2, -0.15) is 0 Å². The van der Waals surface area contributed by atoms with E-state index in [0.29, 0.717) is 18.2 Å². The van der Waals surface area contributed by atoms with E-state index >= 15 is 0 Å². The molecule has 0 bridgehead atoms. The van der Waals surface area contributed by atoms with Gasteiger partial charge in [-0.1, -0.05) is 62.4 Å². The van der Waals surface area contributed by atoms with Crippen molar-refractivity contribution in [2.45, 2.75) is 38.1 Å². The number of amides is 3. The van der Waals surface area contributed by atoms with E-state index in [4.69, 9.17) is 4.74 Å². The van der Waals surface area contributed by atoms with E-state index in [9.17, 15) is 9.59 Å². The standard InChI is InChI=1S/C30H29N3O3/c1-18(2)19-13-15-20(16-14-19)33-28(34)30(3)27-26(22-10-5-7-11-24(22)31-27)23(17-32(30)29(33)35)21-9-6-8-12-25(21)36-4/h5-16,18,23,31H,17H2,1-4H3/t23-,30-/m0/s1. The lowest BCUT2D eigenvalue weighted by atomic mass is 9.78. The van der Waals surface area contributed by atoms with E-state index in [1.807, 2.05) is 73.7 Å². The quantitative estimate of drug-likeness (QED) is 0.358. The van der Waals surface area contributed by atoms with Crippen LogP contribution in [0.25, 0.3) is 10.9 Å². The molecule has 3 aromatic carbocycles. The zero-order valence-corrected chi connectivity index (χ0v) is 20.9. The maximum Gasteiger partial charge on any atom is 0.332 e. The van der Waals surface area contributed by atoms with Crippen LogP contribution in [-0.4, -0.2) is 35.5 Å². The molecular weight excluding hydrogens is 450 g/mol. The second-order valence-corrected chi connectivity index (χ2v) is 10.1. The molecule has 2 aliphatic rings. The minimum absolute atomic E-state index is 0.152. The number of ether oxygens (including phenoxy) is 1. The molecule has 6 rings (SSSR count). The van der Waals surface area contributed by atoms with Crippen molar-refractivity contribution in [2.75, 3.05) is 18.6 Å². The van der Waals surface area contributed by atoms with Crippen LogP contribution in [0.4, 0.5) is 10.5 Å². The molecule has 0 spiro atoms. The highest BCUT2D eigenvalue weighted by atomic mass is 16.5. The summed E-state index contributed by atoms with van der Waals surface area (Å²) in [5.41, 5.74) is 4.38. The highest BCUT2D eigenvalue weighted by molar-refractivity contribution is 6.23. The first kappa shape index (κ1) is 22.4. The number of nitrogens with one attached hydrogen (secondary N) is 1. The van der Waals surface area contributed by atoms with E-state index in [2.05, 4.69) is 24.9 Å². The van der Waals surface area contributed by atoms with Gasteiger partial charge < -0.3 is 14.6 Å². The van der Waals surface area contributed by atoms with Crippen LogP contribution in [0.2, 0.25) is 0 Å². The lowest BCUT2D eigenvalue weighted by Gasteiger charge is -2.40. The average Bonchev–Trinajstić information content (AvgIpc) is 3.38. The molecule has 1 saturated heterocycles. The Balaban J connectivity index is 1.55. The number of anilines is 1. The Morgan fingerprint density at radius 1 is 0.972 bits per heavy atom. The van der Waals surface area contributed by atoms with E-state index in [1.165, 1.54) is 4.90 Å². The molecule has 3 heterocycles. The SMILES string of the molecule is COc1ccccc1[C@@H]1CN2C(=O)N(c3ccc(C(C)C)cc3)C(=O)[C@]2(C)c2[nH]c3ccccc3c21. The maximum atomic E-state index is 14.1. The van der Waals surface area contributed by atoms with Gasteiger partial charge in [0.15, 0.2) is 5.54 Å². The summed E-state index contributed by atoms with van der Waals surface area (Å²) in [5.74, 6) is 0.737. The number of fused-ring (bicyclic) bond motifs is 5. The molecule has 1 fully saturated rings. The summed E-state index contributed by atoms with van der Waals surface area (Å²) >= 11 is 0. The van der Waals surface area contributed by atoms with Crippen molar-refractivity contribution in [2.24, 2.45) is 0 Å². The maximum absolute atomic E-state index is 14.1. The van der Waals surface area contributed by atoms with Gasteiger partial charge in [0.2, 0.25) is 0 Å². The van der Waals surface area contributed by atoms with Gasteiger partial charge in [-0.3, -0.25) is 4.79 Å². The van der Waals surface area contributed by atoms with E-state index < -0.39 is 5.54 Å². The third-order valence-corrected chi connectivity index (χ3v) is 7.86. The summed E-state index contributed by atoms with van der Waals surface area (Å²) in [6.07, 6.45) is 0. The smallest absolute Gasteiger partial charge is 0.332 e. The number of carbonyl (C=O) groups excluding carboxylic acids is 2. The molecule has 4 aromatic rings. The number of urea groups is 1. The van der Waals surface area contributed by atoms with Crippen molar-refractivity contribution in [3.63, 3.8) is 0 Å². The molecule has 6 heteroatoms. The summed E-state index contributed by atoms with van der Waals surface area (Å²) in [5, 5.41) is 1.06. The van der Waals surface area contributed by atoms with Crippen molar-refractivity contribution >= 4 is 28.5 Å². The number of imide groups is 1. The summed E-state index contributed by atoms with van der Waals surface area (Å²) < 4.78 is 5.72. The van der Waals surface area contributed by atoms with Gasteiger partial charge >= 0.3 is 6.03 Å². The monoisotopic (exact) mass is 479 g/mol. The average molecular weight is 480 g/mol. The topological polar surface area (TPSA) is 65.6 Å². The Kier molecular flexibility index (Phi) is 4.97. The second-order valence-electron chi connectivity index (χ2n) is 10.1. The number of benzene rings is 3. The molecule has 3 amide bonds. The number of hydrogen-bond donors (Lipinski definition) is 1. The van der Waals surface area contributed by atoms with E-state index in [1.54, 1.807) is 12.0 Å². The Labute approximate surface area is 210 Å². The molecule has 6 nitrogen and oxygen atoms in total. The minimum Gasteiger partial charge on any atom is -0.496 e. The van der Waals surface area contributed by atoms with Crippen LogP contribution in [0, 0.1) is 0 Å². The largest absolute Gasteiger partial charge is 0.496 e. The van der Waals surface area contributed by atoms with Crippen LogP contribution in [-0.2, 0) is 10.3 Å². The number of nitrogens with zero attached hydrogens (tertiary/aromatic N) is 2. The third kappa shape index (κ3) is 2.97. The van der Waals surface area contributed by atoms with Crippen LogP contribution in [0.3, 0.4) is 0 Å². The Bertz CT molecular complexity index is 1500. The zero-order chi connectivity index (χ0) is 25.2. The molecule has 0 aliphatic carbocycles. The van der Waals surface area contributed by atoms with Crippen LogP contribution in [0.15, 0.2) is 72.8 Å². The molecule has 0 saturated carbocycles. The number of carbonyl (C=O) groups is 2. The van der Waals surface area contributed by atoms with Crippen molar-refractivity contribution < 1.29 is 14.3 Å². The molecule has 0 unspecified atom stereocenters. The fraction of sp³-hybridized carbons (Fsp3) is 0.267. The van der Waals surface area contributed by atoms with Gasteiger partial charge in [-0.05, 0) is 48.2 Å². The van der Waals surface area contributed by atoms with Crippen molar-refractivity contribution in [1.29, 1.82) is 0 Å². The Morgan fingerprint density at radius 3 is 2.39 bits per heavy atom. The summed E-state index contributed by atoms with van der Waals surface area (Å²) in [6, 6.07) is 23.4. The molecule has 1 N–H and O–H groups in total. The van der Waals surface area contributed by atoms with Crippen molar-refractivity contribution in [3.8, 4) is 5.75 Å². The van der Waals surface area contributed by atoms with Crippen molar-refractivity contribution in [1.82, 2.24) is 9.88 Å². The van der Waals surface area contributed by atoms with Crippen LogP contribution >= 0.6 is 0 Å². The minimum atomic E-state index is -1.14. The fourth-order valence-corrected chi connectivity index (χ4v) is 5.86. The summed E-state index contributed by atoms with van der Waals surface area (Å²) in [4.78, 5) is 34.6. The molecule has 0 radical (unpaired) electrons. The van der Waals surface area contributed by atoms with Gasteiger partial charge in [-0.15, -0.1) is 0 Å². The molecular formula is C30H29N3O3. The van der Waals surface area contributed by atoms with Crippen LogP contribution in [0.5, 0.6) is 5.75 Å². The third-order valence-electron chi connectivity index (χ3n) is 7.86. The predicted molar refractivity (Wildman–Crippen MR) is 141 cm³/mol. The number of para-hydroxylation sites is 2. The molecule has 2 aliphatic heterocycles. The molecule has 36 heavy (non-hydrogen) atoms. The molecule has 182 valence electrons. The number of aromatic nitrogens is 1. The van der Waals surface area contributed by atoms with E-state index in [0.717, 1.165) is 39.0 Å². The first-order chi connectivity index (χ1) is 17.4. The molecule has 2 atom stereocenters. The number of rotatable bonds is 4. The van der Waals surface area contributed by atoms with Crippen LogP contribution < -0.4 is 9.64 Å². The second kappa shape index (κ2) is 7.98. The van der Waals surface area contributed by atoms with E-state index in [-0.39, 0.29) is 17.9 Å². The highest BCUT2D eigenvalue weighted by Gasteiger charge is 2.60. The summed E-state index contributed by atoms with van der Waals surface area (Å²) in [6.45, 7) is 6.48. The first-order valence-electron chi connectivity index (χ1n) is 12.4. The normalized spacial score (nSPS) is 21.3. The number of aromatic amines is 1. The first-order valence-corrected chi connectivity index (χ1v) is 12.4. The molecule has 1 aromatic heterocycles. The number of H-pyrrole nitrogens is 1. The van der Waals surface area contributed by atoms with Crippen molar-refractivity contribution in [3.05, 3.63) is 95.2 Å². The fourth-order valence-electron chi connectivity index (χ4n) is 5.86. The van der Waals surface area contributed by atoms with Gasteiger partial charge in [0.1, 0.15) is 5.75 Å². The predicted octanol–water partition coefficient (Wildman–Crippen LogP) is 6.13. The van der Waals surface area contributed by atoms with Gasteiger partial charge in [0.25, 0.3) is 5.91 Å². The lowest BCUT2D eigenvalue weighted by Crippen LogP contribution is -2.50. The van der Waals surface area contributed by atoms with Gasteiger partial charge in [0, 0.05) is 28.9 Å². The highest BCUT2D eigenvalue weighted by Crippen LogP contribution is 2.51. The lowest BCUT2D eigenvalue weighted by molar-refractivity contribution is -0.125. The summed E-state index contributed by atoms with van der Waals surface area (Å²) in [7, 11) is 1.66. The number of methoxy groups -OCH3 is 1. The van der Waals surface area contributed by atoms with Gasteiger partial charge in [0.05, 0.1) is 18.5 Å². The number of hydrogen-bond acceptors (Lipinski definition) is 3. The van der Waals surface area contributed by atoms with Gasteiger partial charge in [-0.25, -0.2) is 9.69 Å². The van der Waals surface area contributed by atoms with Crippen LogP contribution in [0.1, 0.15) is 55.0 Å². The Hall–Kier alpha value is -4.06. The Morgan fingerprint density at radius 2 is 1.67 bits per heavy atom. The zero-order valence-electron chi connectivity index (χ0n) is 20.9.